The predicted molar refractivity (Wildman–Crippen MR) is 107 cm³/mol. The second-order valence-electron chi connectivity index (χ2n) is 6.41. The van der Waals surface area contributed by atoms with Crippen molar-refractivity contribution in [2.45, 2.75) is 0 Å². The maximum absolute atomic E-state index is 12.5. The quantitative estimate of drug-likeness (QED) is 0.513. The zero-order valence-corrected chi connectivity index (χ0v) is 14.6. The number of carbonyl (C=O) groups excluding carboxylic acids is 1. The van der Waals surface area contributed by atoms with E-state index in [2.05, 4.69) is 23.1 Å². The van der Waals surface area contributed by atoms with Crippen molar-refractivity contribution in [1.82, 2.24) is 0 Å². The highest BCUT2D eigenvalue weighted by molar-refractivity contribution is 6.08. The van der Waals surface area contributed by atoms with Crippen molar-refractivity contribution in [2.75, 3.05) is 31.2 Å². The molecule has 4 rings (SSSR count). The summed E-state index contributed by atoms with van der Waals surface area (Å²) in [5.41, 5.74) is 2.91. The van der Waals surface area contributed by atoms with E-state index in [0.29, 0.717) is 5.56 Å². The van der Waals surface area contributed by atoms with Crippen molar-refractivity contribution in [3.8, 4) is 0 Å². The smallest absolute Gasteiger partial charge is 0.185 e. The zero-order chi connectivity index (χ0) is 17.8. The van der Waals surface area contributed by atoms with Crippen LogP contribution in [-0.4, -0.2) is 32.1 Å². The van der Waals surface area contributed by atoms with Crippen LogP contribution < -0.4 is 4.90 Å². The number of allylic oxidation sites excluding steroid dienone is 1. The van der Waals surface area contributed by atoms with E-state index in [4.69, 9.17) is 4.74 Å². The van der Waals surface area contributed by atoms with Gasteiger partial charge in [-0.25, -0.2) is 0 Å². The van der Waals surface area contributed by atoms with E-state index >= 15 is 0 Å². The lowest BCUT2D eigenvalue weighted by Gasteiger charge is -2.28. The fourth-order valence-electron chi connectivity index (χ4n) is 3.32. The number of ether oxygens (including phenoxy) is 1. The van der Waals surface area contributed by atoms with Crippen LogP contribution in [0.25, 0.3) is 16.8 Å². The number of rotatable bonds is 4. The number of carbonyl (C=O) groups is 1. The lowest BCUT2D eigenvalue weighted by atomic mass is 10.0. The minimum absolute atomic E-state index is 0.0199. The highest BCUT2D eigenvalue weighted by atomic mass is 16.5. The van der Waals surface area contributed by atoms with Crippen LogP contribution >= 0.6 is 0 Å². The third-order valence-electron chi connectivity index (χ3n) is 4.77. The topological polar surface area (TPSA) is 29.5 Å². The standard InChI is InChI=1S/C23H21NO2/c25-23(13-10-19-6-3-5-18-4-1-2-7-22(18)19)20-8-11-21(12-9-20)24-14-16-26-17-15-24/h1-13H,14-17H2/b13-10+. The Kier molecular flexibility index (Phi) is 4.80. The van der Waals surface area contributed by atoms with E-state index in [-0.39, 0.29) is 5.78 Å². The maximum atomic E-state index is 12.5. The Morgan fingerprint density at radius 2 is 1.62 bits per heavy atom. The minimum atomic E-state index is 0.0199. The van der Waals surface area contributed by atoms with Crippen LogP contribution in [0.1, 0.15) is 15.9 Å². The van der Waals surface area contributed by atoms with Gasteiger partial charge in [0.05, 0.1) is 13.2 Å². The SMILES string of the molecule is O=C(/C=C/c1cccc2ccccc12)c1ccc(N2CCOCC2)cc1. The fourth-order valence-corrected chi connectivity index (χ4v) is 3.32. The maximum Gasteiger partial charge on any atom is 0.185 e. The number of nitrogens with zero attached hydrogens (tertiary/aromatic N) is 1. The number of morpholine rings is 1. The molecule has 0 radical (unpaired) electrons. The van der Waals surface area contributed by atoms with Gasteiger partial charge in [0.15, 0.2) is 5.78 Å². The van der Waals surface area contributed by atoms with E-state index in [1.165, 1.54) is 5.39 Å². The molecule has 1 saturated heterocycles. The van der Waals surface area contributed by atoms with E-state index in [9.17, 15) is 4.79 Å². The molecule has 1 fully saturated rings. The second-order valence-corrected chi connectivity index (χ2v) is 6.41. The number of benzene rings is 3. The highest BCUT2D eigenvalue weighted by Gasteiger charge is 2.11. The van der Waals surface area contributed by atoms with Crippen LogP contribution in [0.4, 0.5) is 5.69 Å². The van der Waals surface area contributed by atoms with Gasteiger partial charge < -0.3 is 9.64 Å². The monoisotopic (exact) mass is 343 g/mol. The number of ketones is 1. The molecule has 3 heteroatoms. The van der Waals surface area contributed by atoms with Gasteiger partial charge >= 0.3 is 0 Å². The largest absolute Gasteiger partial charge is 0.378 e. The average molecular weight is 343 g/mol. The summed E-state index contributed by atoms with van der Waals surface area (Å²) < 4.78 is 5.38. The van der Waals surface area contributed by atoms with Gasteiger partial charge in [-0.1, -0.05) is 48.5 Å². The number of fused-ring (bicyclic) bond motifs is 1. The molecule has 0 N–H and O–H groups in total. The molecule has 130 valence electrons. The highest BCUT2D eigenvalue weighted by Crippen LogP contribution is 2.21. The molecule has 1 aliphatic rings. The Hall–Kier alpha value is -2.91. The third kappa shape index (κ3) is 3.53. The molecule has 0 aliphatic carbocycles. The number of hydrogen-bond donors (Lipinski definition) is 0. The summed E-state index contributed by atoms with van der Waals surface area (Å²) in [5.74, 6) is 0.0199. The average Bonchev–Trinajstić information content (AvgIpc) is 2.73. The molecule has 0 unspecified atom stereocenters. The molecule has 0 amide bonds. The summed E-state index contributed by atoms with van der Waals surface area (Å²) in [7, 11) is 0. The summed E-state index contributed by atoms with van der Waals surface area (Å²) in [6, 6.07) is 22.2. The molecular weight excluding hydrogens is 322 g/mol. The number of anilines is 1. The van der Waals surface area contributed by atoms with Crippen molar-refractivity contribution in [3.63, 3.8) is 0 Å². The van der Waals surface area contributed by atoms with Gasteiger partial charge in [-0.2, -0.15) is 0 Å². The van der Waals surface area contributed by atoms with Gasteiger partial charge in [-0.3, -0.25) is 4.79 Å². The van der Waals surface area contributed by atoms with Gasteiger partial charge in [0.2, 0.25) is 0 Å². The first-order valence-corrected chi connectivity index (χ1v) is 8.94. The number of hydrogen-bond acceptors (Lipinski definition) is 3. The molecule has 3 aromatic carbocycles. The van der Waals surface area contributed by atoms with Crippen LogP contribution in [0.2, 0.25) is 0 Å². The molecule has 0 aromatic heterocycles. The van der Waals surface area contributed by atoms with E-state index < -0.39 is 0 Å². The van der Waals surface area contributed by atoms with Crippen molar-refractivity contribution in [2.24, 2.45) is 0 Å². The first-order valence-electron chi connectivity index (χ1n) is 8.94. The van der Waals surface area contributed by atoms with Crippen molar-refractivity contribution in [3.05, 3.63) is 83.9 Å². The van der Waals surface area contributed by atoms with Crippen LogP contribution in [0.3, 0.4) is 0 Å². The molecule has 3 nitrogen and oxygen atoms in total. The van der Waals surface area contributed by atoms with Gasteiger partial charge in [0.1, 0.15) is 0 Å². The Morgan fingerprint density at radius 1 is 0.885 bits per heavy atom. The summed E-state index contributed by atoms with van der Waals surface area (Å²) in [5, 5.41) is 2.33. The Labute approximate surface area is 153 Å². The lowest BCUT2D eigenvalue weighted by molar-refractivity contribution is 0.104. The summed E-state index contributed by atoms with van der Waals surface area (Å²) >= 11 is 0. The molecular formula is C23H21NO2. The van der Waals surface area contributed by atoms with E-state index in [1.54, 1.807) is 6.08 Å². The molecule has 0 bridgehead atoms. The van der Waals surface area contributed by atoms with E-state index in [1.807, 2.05) is 54.6 Å². The zero-order valence-electron chi connectivity index (χ0n) is 14.6. The summed E-state index contributed by atoms with van der Waals surface area (Å²) in [4.78, 5) is 14.8. The van der Waals surface area contributed by atoms with Crippen molar-refractivity contribution < 1.29 is 9.53 Å². The molecule has 0 spiro atoms. The van der Waals surface area contributed by atoms with Gasteiger partial charge in [0, 0.05) is 24.3 Å². The first kappa shape index (κ1) is 16.6. The lowest BCUT2D eigenvalue weighted by Crippen LogP contribution is -2.36. The van der Waals surface area contributed by atoms with Crippen molar-refractivity contribution >= 4 is 28.3 Å². The third-order valence-corrected chi connectivity index (χ3v) is 4.77. The van der Waals surface area contributed by atoms with Crippen LogP contribution in [0, 0.1) is 0 Å². The van der Waals surface area contributed by atoms with Crippen LogP contribution in [-0.2, 0) is 4.74 Å². The van der Waals surface area contributed by atoms with Gasteiger partial charge in [-0.15, -0.1) is 0 Å². The summed E-state index contributed by atoms with van der Waals surface area (Å²) in [6.07, 6.45) is 3.56. The fraction of sp³-hybridized carbons (Fsp3) is 0.174. The molecule has 1 heterocycles. The normalized spacial score (nSPS) is 14.8. The molecule has 26 heavy (non-hydrogen) atoms. The molecule has 1 aliphatic heterocycles. The Bertz CT molecular complexity index is 933. The molecule has 0 saturated carbocycles. The van der Waals surface area contributed by atoms with Gasteiger partial charge in [-0.05, 0) is 46.7 Å². The first-order chi connectivity index (χ1) is 12.8. The van der Waals surface area contributed by atoms with E-state index in [0.717, 1.165) is 42.9 Å². The van der Waals surface area contributed by atoms with Crippen LogP contribution in [0.5, 0.6) is 0 Å². The Morgan fingerprint density at radius 3 is 2.42 bits per heavy atom. The van der Waals surface area contributed by atoms with Crippen LogP contribution in [0.15, 0.2) is 72.8 Å². The second kappa shape index (κ2) is 7.54. The van der Waals surface area contributed by atoms with Crippen molar-refractivity contribution in [1.29, 1.82) is 0 Å². The van der Waals surface area contributed by atoms with Gasteiger partial charge in [0.25, 0.3) is 0 Å². The minimum Gasteiger partial charge on any atom is -0.378 e. The predicted octanol–water partition coefficient (Wildman–Crippen LogP) is 4.57. The molecule has 3 aromatic rings. The Balaban J connectivity index is 1.51. The summed E-state index contributed by atoms with van der Waals surface area (Å²) in [6.45, 7) is 3.31. The molecule has 0 atom stereocenters.